The molecule has 5 heteroatoms. The van der Waals surface area contributed by atoms with Crippen molar-refractivity contribution in [2.24, 2.45) is 17.8 Å². The van der Waals surface area contributed by atoms with Gasteiger partial charge in [0.15, 0.2) is 0 Å². The molecule has 2 N–H and O–H groups in total. The zero-order valence-electron chi connectivity index (χ0n) is 7.77. The van der Waals surface area contributed by atoms with Gasteiger partial charge >= 0.3 is 11.9 Å². The molecule has 0 heterocycles. The van der Waals surface area contributed by atoms with Gasteiger partial charge in [0.2, 0.25) is 0 Å². The number of carbonyl (C=O) groups is 3. The van der Waals surface area contributed by atoms with Gasteiger partial charge in [-0.15, -0.1) is 0 Å². The van der Waals surface area contributed by atoms with Crippen molar-refractivity contribution in [1.82, 2.24) is 0 Å². The van der Waals surface area contributed by atoms with Crippen LogP contribution in [0.2, 0.25) is 0 Å². The third-order valence-electron chi connectivity index (χ3n) is 2.65. The molecule has 1 fully saturated rings. The summed E-state index contributed by atoms with van der Waals surface area (Å²) in [5.74, 6) is -4.89. The van der Waals surface area contributed by atoms with E-state index in [4.69, 9.17) is 10.2 Å². The fourth-order valence-electron chi connectivity index (χ4n) is 1.99. The van der Waals surface area contributed by atoms with Gasteiger partial charge in [0.25, 0.3) is 0 Å². The van der Waals surface area contributed by atoms with E-state index in [1.54, 1.807) is 6.92 Å². The van der Waals surface area contributed by atoms with Crippen LogP contribution in [-0.4, -0.2) is 27.9 Å². The first-order valence-corrected chi connectivity index (χ1v) is 4.40. The number of hydrogen-bond donors (Lipinski definition) is 2. The van der Waals surface area contributed by atoms with Crippen LogP contribution in [0.3, 0.4) is 0 Å². The van der Waals surface area contributed by atoms with Crippen LogP contribution < -0.4 is 0 Å². The lowest BCUT2D eigenvalue weighted by atomic mass is 9.72. The molecule has 1 rings (SSSR count). The van der Waals surface area contributed by atoms with E-state index in [0.29, 0.717) is 0 Å². The molecule has 0 unspecified atom stereocenters. The van der Waals surface area contributed by atoms with Crippen LogP contribution in [0.4, 0.5) is 0 Å². The number of carboxylic acids is 2. The third-order valence-corrected chi connectivity index (χ3v) is 2.65. The van der Waals surface area contributed by atoms with Crippen LogP contribution in [0.5, 0.6) is 0 Å². The smallest absolute Gasteiger partial charge is 0.307 e. The molecule has 78 valence electrons. The fourth-order valence-corrected chi connectivity index (χ4v) is 1.99. The molecule has 0 amide bonds. The van der Waals surface area contributed by atoms with E-state index in [2.05, 4.69) is 0 Å². The second-order valence-corrected chi connectivity index (χ2v) is 3.73. The minimum absolute atomic E-state index is 0.156. The van der Waals surface area contributed by atoms with Crippen molar-refractivity contribution in [2.45, 2.75) is 19.8 Å². The average molecular weight is 200 g/mol. The van der Waals surface area contributed by atoms with Gasteiger partial charge in [-0.25, -0.2) is 0 Å². The molecule has 0 aromatic heterocycles. The second kappa shape index (κ2) is 3.77. The summed E-state index contributed by atoms with van der Waals surface area (Å²) in [5.41, 5.74) is 0. The highest BCUT2D eigenvalue weighted by Gasteiger charge is 2.43. The maximum atomic E-state index is 11.1. The van der Waals surface area contributed by atoms with Crippen molar-refractivity contribution >= 4 is 17.7 Å². The molecule has 0 spiro atoms. The van der Waals surface area contributed by atoms with Gasteiger partial charge in [-0.2, -0.15) is 0 Å². The summed E-state index contributed by atoms with van der Waals surface area (Å²) in [4.78, 5) is 32.7. The molecule has 5 nitrogen and oxygen atoms in total. The van der Waals surface area contributed by atoms with Crippen molar-refractivity contribution in [3.8, 4) is 0 Å². The molecule has 0 saturated heterocycles. The molecule has 1 saturated carbocycles. The van der Waals surface area contributed by atoms with Crippen molar-refractivity contribution in [1.29, 1.82) is 0 Å². The highest BCUT2D eigenvalue weighted by molar-refractivity contribution is 5.89. The first-order valence-electron chi connectivity index (χ1n) is 4.40. The summed E-state index contributed by atoms with van der Waals surface area (Å²) in [6, 6.07) is 0. The van der Waals surface area contributed by atoms with Gasteiger partial charge in [-0.05, 0) is 5.92 Å². The Hall–Kier alpha value is -1.39. The Labute approximate surface area is 80.7 Å². The Morgan fingerprint density at radius 2 is 1.79 bits per heavy atom. The Morgan fingerprint density at radius 1 is 1.21 bits per heavy atom. The molecule has 3 atom stereocenters. The monoisotopic (exact) mass is 200 g/mol. The maximum Gasteiger partial charge on any atom is 0.307 e. The largest absolute Gasteiger partial charge is 0.481 e. The molecular formula is C9H12O5. The number of aliphatic carboxylic acids is 2. The molecule has 1 aliphatic rings. The van der Waals surface area contributed by atoms with Crippen molar-refractivity contribution in [2.75, 3.05) is 0 Å². The van der Waals surface area contributed by atoms with Crippen LogP contribution in [0.1, 0.15) is 19.8 Å². The van der Waals surface area contributed by atoms with Gasteiger partial charge in [0, 0.05) is 12.8 Å². The SMILES string of the molecule is C[C@@H]1CC(=O)C[C@@H](C(=O)O)[C@H]1C(=O)O. The minimum Gasteiger partial charge on any atom is -0.481 e. The first-order chi connectivity index (χ1) is 6.43. The van der Waals surface area contributed by atoms with Crippen molar-refractivity contribution < 1.29 is 24.6 Å². The van der Waals surface area contributed by atoms with Gasteiger partial charge in [-0.3, -0.25) is 14.4 Å². The molecular weight excluding hydrogens is 188 g/mol. The number of rotatable bonds is 2. The van der Waals surface area contributed by atoms with E-state index in [1.165, 1.54) is 0 Å². The molecule has 0 aliphatic heterocycles. The summed E-state index contributed by atoms with van der Waals surface area (Å²) < 4.78 is 0. The number of Topliss-reactive ketones (excluding diaryl/α,β-unsaturated/α-hetero) is 1. The maximum absolute atomic E-state index is 11.1. The topological polar surface area (TPSA) is 91.7 Å². The van der Waals surface area contributed by atoms with Crippen LogP contribution in [0.25, 0.3) is 0 Å². The summed E-state index contributed by atoms with van der Waals surface area (Å²) in [6.07, 6.45) is 0.0113. The number of carboxylic acid groups (broad SMARTS) is 2. The number of ketones is 1. The van der Waals surface area contributed by atoms with E-state index in [1.807, 2.05) is 0 Å². The first kappa shape index (κ1) is 10.7. The van der Waals surface area contributed by atoms with E-state index >= 15 is 0 Å². The lowest BCUT2D eigenvalue weighted by Gasteiger charge is -2.29. The summed E-state index contributed by atoms with van der Waals surface area (Å²) in [5, 5.41) is 17.6. The summed E-state index contributed by atoms with van der Waals surface area (Å²) in [7, 11) is 0. The van der Waals surface area contributed by atoms with Crippen LogP contribution in [-0.2, 0) is 14.4 Å². The van der Waals surface area contributed by atoms with E-state index in [0.717, 1.165) is 0 Å². The van der Waals surface area contributed by atoms with Crippen molar-refractivity contribution in [3.63, 3.8) is 0 Å². The lowest BCUT2D eigenvalue weighted by Crippen LogP contribution is -2.40. The lowest BCUT2D eigenvalue weighted by molar-refractivity contribution is -0.159. The van der Waals surface area contributed by atoms with Crippen molar-refractivity contribution in [3.05, 3.63) is 0 Å². The molecule has 0 aromatic carbocycles. The summed E-state index contributed by atoms with van der Waals surface area (Å²) >= 11 is 0. The summed E-state index contributed by atoms with van der Waals surface area (Å²) in [6.45, 7) is 1.60. The quantitative estimate of drug-likeness (QED) is 0.672. The Kier molecular flexibility index (Phi) is 2.88. The van der Waals surface area contributed by atoms with Gasteiger partial charge < -0.3 is 10.2 Å². The Balaban J connectivity index is 2.91. The highest BCUT2D eigenvalue weighted by Crippen LogP contribution is 2.33. The average Bonchev–Trinajstić information content (AvgIpc) is 2.01. The number of carbonyl (C=O) groups excluding carboxylic acids is 1. The predicted molar refractivity (Wildman–Crippen MR) is 45.7 cm³/mol. The fraction of sp³-hybridized carbons (Fsp3) is 0.667. The van der Waals surface area contributed by atoms with Gasteiger partial charge in [-0.1, -0.05) is 6.92 Å². The van der Waals surface area contributed by atoms with E-state index < -0.39 is 29.7 Å². The third kappa shape index (κ3) is 1.92. The number of hydrogen-bond acceptors (Lipinski definition) is 3. The Morgan fingerprint density at radius 3 is 2.21 bits per heavy atom. The normalized spacial score (nSPS) is 32.6. The molecule has 0 aromatic rings. The second-order valence-electron chi connectivity index (χ2n) is 3.73. The minimum atomic E-state index is -1.20. The van der Waals surface area contributed by atoms with E-state index in [-0.39, 0.29) is 18.6 Å². The molecule has 0 radical (unpaired) electrons. The predicted octanol–water partition coefficient (Wildman–Crippen LogP) is 0.387. The van der Waals surface area contributed by atoms with E-state index in [9.17, 15) is 14.4 Å². The van der Waals surface area contributed by atoms with Crippen LogP contribution in [0, 0.1) is 17.8 Å². The zero-order chi connectivity index (χ0) is 10.9. The highest BCUT2D eigenvalue weighted by atomic mass is 16.4. The molecule has 0 bridgehead atoms. The van der Waals surface area contributed by atoms with Crippen LogP contribution >= 0.6 is 0 Å². The standard InChI is InChI=1S/C9H12O5/c1-4-2-5(10)3-6(8(11)12)7(4)9(13)14/h4,6-7H,2-3H2,1H3,(H,11,12)(H,13,14)/t4-,6-,7+/m1/s1. The Bertz CT molecular complexity index is 283. The van der Waals surface area contributed by atoms with Crippen LogP contribution in [0.15, 0.2) is 0 Å². The molecule has 14 heavy (non-hydrogen) atoms. The zero-order valence-corrected chi connectivity index (χ0v) is 7.77. The van der Waals surface area contributed by atoms with Gasteiger partial charge in [0.05, 0.1) is 11.8 Å². The molecule has 1 aliphatic carbocycles. The van der Waals surface area contributed by atoms with Gasteiger partial charge in [0.1, 0.15) is 5.78 Å².